The minimum atomic E-state index is -0.207. The number of benzene rings is 2. The molecule has 0 aliphatic carbocycles. The number of phenols is 4. The van der Waals surface area contributed by atoms with Gasteiger partial charge in [-0.2, -0.15) is 0 Å². The first-order chi connectivity index (χ1) is 9.02. The second kappa shape index (κ2) is 5.10. The van der Waals surface area contributed by atoms with Crippen LogP contribution in [-0.2, 0) is 0 Å². The van der Waals surface area contributed by atoms with E-state index in [1.807, 2.05) is 6.92 Å². The fraction of sp³-hybridized carbons (Fsp3) is 0.200. The fourth-order valence-electron chi connectivity index (χ4n) is 2.28. The molecule has 1 atom stereocenters. The van der Waals surface area contributed by atoms with Crippen LogP contribution in [0.15, 0.2) is 36.4 Å². The SMILES string of the molecule is CCC(c1ccc(O)cc1)c1c(O)cc(O)cc1O. The Morgan fingerprint density at radius 1 is 0.842 bits per heavy atom. The fourth-order valence-corrected chi connectivity index (χ4v) is 2.28. The van der Waals surface area contributed by atoms with Gasteiger partial charge in [0.15, 0.2) is 0 Å². The quantitative estimate of drug-likeness (QED) is 0.683. The van der Waals surface area contributed by atoms with Crippen LogP contribution >= 0.6 is 0 Å². The van der Waals surface area contributed by atoms with E-state index >= 15 is 0 Å². The van der Waals surface area contributed by atoms with Gasteiger partial charge in [-0.15, -0.1) is 0 Å². The lowest BCUT2D eigenvalue weighted by Gasteiger charge is -2.19. The Bertz CT molecular complexity index is 552. The summed E-state index contributed by atoms with van der Waals surface area (Å²) >= 11 is 0. The van der Waals surface area contributed by atoms with Gasteiger partial charge in [-0.25, -0.2) is 0 Å². The molecule has 0 heterocycles. The Morgan fingerprint density at radius 2 is 1.37 bits per heavy atom. The Hall–Kier alpha value is -2.36. The van der Waals surface area contributed by atoms with Gasteiger partial charge < -0.3 is 20.4 Å². The van der Waals surface area contributed by atoms with Crippen molar-refractivity contribution in [2.75, 3.05) is 0 Å². The molecule has 2 aromatic rings. The summed E-state index contributed by atoms with van der Waals surface area (Å²) in [4.78, 5) is 0. The summed E-state index contributed by atoms with van der Waals surface area (Å²) in [6.45, 7) is 1.93. The van der Waals surface area contributed by atoms with Gasteiger partial charge in [-0.05, 0) is 24.1 Å². The number of phenolic OH excluding ortho intramolecular Hbond substituents is 4. The molecule has 4 heteroatoms. The van der Waals surface area contributed by atoms with Gasteiger partial charge in [-0.1, -0.05) is 19.1 Å². The van der Waals surface area contributed by atoms with Crippen LogP contribution < -0.4 is 0 Å². The van der Waals surface area contributed by atoms with Gasteiger partial charge >= 0.3 is 0 Å². The second-order valence-electron chi connectivity index (χ2n) is 4.45. The van der Waals surface area contributed by atoms with E-state index in [2.05, 4.69) is 0 Å². The number of hydrogen-bond acceptors (Lipinski definition) is 4. The normalized spacial score (nSPS) is 12.3. The first-order valence-corrected chi connectivity index (χ1v) is 6.06. The van der Waals surface area contributed by atoms with Gasteiger partial charge in [0.05, 0.1) is 0 Å². The summed E-state index contributed by atoms with van der Waals surface area (Å²) in [5, 5.41) is 38.5. The molecule has 2 aromatic carbocycles. The van der Waals surface area contributed by atoms with Crippen molar-refractivity contribution in [3.8, 4) is 23.0 Å². The average Bonchev–Trinajstić information content (AvgIpc) is 2.35. The summed E-state index contributed by atoms with van der Waals surface area (Å²) in [7, 11) is 0. The minimum Gasteiger partial charge on any atom is -0.508 e. The molecule has 2 rings (SSSR count). The predicted octanol–water partition coefficient (Wildman–Crippen LogP) is 3.05. The maximum absolute atomic E-state index is 9.92. The lowest BCUT2D eigenvalue weighted by atomic mass is 9.88. The third-order valence-electron chi connectivity index (χ3n) is 3.17. The molecular weight excluding hydrogens is 244 g/mol. The van der Waals surface area contributed by atoms with Crippen molar-refractivity contribution in [1.82, 2.24) is 0 Å². The highest BCUT2D eigenvalue weighted by molar-refractivity contribution is 5.53. The highest BCUT2D eigenvalue weighted by Gasteiger charge is 2.20. The van der Waals surface area contributed by atoms with E-state index in [4.69, 9.17) is 0 Å². The molecular formula is C15H16O4. The molecule has 0 aliphatic rings. The topological polar surface area (TPSA) is 80.9 Å². The number of rotatable bonds is 3. The third-order valence-corrected chi connectivity index (χ3v) is 3.17. The van der Waals surface area contributed by atoms with Crippen molar-refractivity contribution in [3.05, 3.63) is 47.5 Å². The molecule has 100 valence electrons. The first kappa shape index (κ1) is 13.1. The maximum Gasteiger partial charge on any atom is 0.126 e. The van der Waals surface area contributed by atoms with Crippen LogP contribution in [0.1, 0.15) is 30.4 Å². The van der Waals surface area contributed by atoms with Crippen molar-refractivity contribution < 1.29 is 20.4 Å². The molecule has 0 radical (unpaired) electrons. The van der Waals surface area contributed by atoms with E-state index in [-0.39, 0.29) is 28.9 Å². The van der Waals surface area contributed by atoms with Gasteiger partial charge in [0.25, 0.3) is 0 Å². The molecule has 0 bridgehead atoms. The molecule has 4 nitrogen and oxygen atoms in total. The number of aromatic hydroxyl groups is 4. The summed E-state index contributed by atoms with van der Waals surface area (Å²) in [5.41, 5.74) is 1.25. The smallest absolute Gasteiger partial charge is 0.126 e. The summed E-state index contributed by atoms with van der Waals surface area (Å²) in [5.74, 6) is -0.506. The standard InChI is InChI=1S/C15H16O4/c1-2-12(9-3-5-10(16)6-4-9)15-13(18)7-11(17)8-14(15)19/h3-8,12,16-19H,2H2,1H3. The monoisotopic (exact) mass is 260 g/mol. The van der Waals surface area contributed by atoms with Crippen LogP contribution in [0.25, 0.3) is 0 Å². The van der Waals surface area contributed by atoms with E-state index in [1.165, 1.54) is 12.1 Å². The molecule has 0 fully saturated rings. The van der Waals surface area contributed by atoms with Crippen LogP contribution in [0, 0.1) is 0 Å². The molecule has 1 unspecified atom stereocenters. The van der Waals surface area contributed by atoms with Gasteiger partial charge in [0.1, 0.15) is 23.0 Å². The van der Waals surface area contributed by atoms with Crippen LogP contribution in [0.5, 0.6) is 23.0 Å². The summed E-state index contributed by atoms with van der Waals surface area (Å²) in [6, 6.07) is 9.03. The highest BCUT2D eigenvalue weighted by atomic mass is 16.3. The summed E-state index contributed by atoms with van der Waals surface area (Å²) < 4.78 is 0. The zero-order valence-electron chi connectivity index (χ0n) is 10.5. The zero-order chi connectivity index (χ0) is 14.0. The van der Waals surface area contributed by atoms with Crippen LogP contribution in [0.4, 0.5) is 0 Å². The van der Waals surface area contributed by atoms with Gasteiger partial charge in [0, 0.05) is 23.6 Å². The van der Waals surface area contributed by atoms with E-state index in [1.54, 1.807) is 24.3 Å². The van der Waals surface area contributed by atoms with Crippen LogP contribution in [0.2, 0.25) is 0 Å². The van der Waals surface area contributed by atoms with Gasteiger partial charge in [0.2, 0.25) is 0 Å². The lowest BCUT2D eigenvalue weighted by Crippen LogP contribution is -2.00. The molecule has 0 aliphatic heterocycles. The number of hydrogen-bond donors (Lipinski definition) is 4. The highest BCUT2D eigenvalue weighted by Crippen LogP contribution is 2.42. The van der Waals surface area contributed by atoms with Crippen molar-refractivity contribution in [2.24, 2.45) is 0 Å². The second-order valence-corrected chi connectivity index (χ2v) is 4.45. The average molecular weight is 260 g/mol. The molecule has 4 N–H and O–H groups in total. The van der Waals surface area contributed by atoms with E-state index in [0.717, 1.165) is 5.56 Å². The Labute approximate surface area is 111 Å². The Kier molecular flexibility index (Phi) is 3.51. The predicted molar refractivity (Wildman–Crippen MR) is 71.7 cm³/mol. The van der Waals surface area contributed by atoms with E-state index < -0.39 is 0 Å². The Morgan fingerprint density at radius 3 is 1.84 bits per heavy atom. The van der Waals surface area contributed by atoms with Gasteiger partial charge in [-0.3, -0.25) is 0 Å². The van der Waals surface area contributed by atoms with E-state index in [0.29, 0.717) is 12.0 Å². The molecule has 0 aromatic heterocycles. The molecule has 0 amide bonds. The molecule has 0 saturated carbocycles. The van der Waals surface area contributed by atoms with Crippen LogP contribution in [0.3, 0.4) is 0 Å². The van der Waals surface area contributed by atoms with Crippen molar-refractivity contribution in [2.45, 2.75) is 19.3 Å². The molecule has 19 heavy (non-hydrogen) atoms. The van der Waals surface area contributed by atoms with Crippen molar-refractivity contribution in [3.63, 3.8) is 0 Å². The summed E-state index contributed by atoms with van der Waals surface area (Å²) in [6.07, 6.45) is 0.663. The maximum atomic E-state index is 9.92. The molecule has 0 spiro atoms. The zero-order valence-corrected chi connectivity index (χ0v) is 10.5. The minimum absolute atomic E-state index is 0.141. The van der Waals surface area contributed by atoms with E-state index in [9.17, 15) is 20.4 Å². The van der Waals surface area contributed by atoms with Crippen LogP contribution in [-0.4, -0.2) is 20.4 Å². The lowest BCUT2D eigenvalue weighted by molar-refractivity contribution is 0.414. The van der Waals surface area contributed by atoms with Crippen molar-refractivity contribution >= 4 is 0 Å². The van der Waals surface area contributed by atoms with Crippen molar-refractivity contribution in [1.29, 1.82) is 0 Å². The largest absolute Gasteiger partial charge is 0.508 e. The first-order valence-electron chi connectivity index (χ1n) is 6.06. The third kappa shape index (κ3) is 2.57. The molecule has 0 saturated heterocycles. The Balaban J connectivity index is 2.51.